The average molecular weight is 309 g/mol. The minimum atomic E-state index is 0.363. The third kappa shape index (κ3) is 4.84. The summed E-state index contributed by atoms with van der Waals surface area (Å²) in [5, 5.41) is 13.1. The molecule has 0 heterocycles. The standard InChI is InChI=1S/C21H27NO/c23-21-14-10-19(11-15-21)18-8-12-20(13-9-18)22-16-4-7-17-5-2-1-3-6-17/h1-3,5-6,10-11,14-15,18,20,22-23H,4,7-9,12-13,16H2/t18-,20-. The molecule has 23 heavy (non-hydrogen) atoms. The van der Waals surface area contributed by atoms with Gasteiger partial charge in [-0.25, -0.2) is 0 Å². The van der Waals surface area contributed by atoms with Crippen molar-refractivity contribution in [2.75, 3.05) is 6.54 Å². The SMILES string of the molecule is Oc1ccc([C@H]2CC[C@H](NCCCc3ccccc3)CC2)cc1. The fraction of sp³-hybridized carbons (Fsp3) is 0.429. The second-order valence-electron chi connectivity index (χ2n) is 6.68. The molecule has 0 saturated heterocycles. The minimum absolute atomic E-state index is 0.363. The molecule has 2 nitrogen and oxygen atoms in total. The first-order chi connectivity index (χ1) is 11.3. The van der Waals surface area contributed by atoms with E-state index in [2.05, 4.69) is 47.8 Å². The van der Waals surface area contributed by atoms with E-state index in [-0.39, 0.29) is 0 Å². The Hall–Kier alpha value is -1.80. The third-order valence-electron chi connectivity index (χ3n) is 5.01. The normalized spacial score (nSPS) is 21.2. The van der Waals surface area contributed by atoms with Gasteiger partial charge in [0.15, 0.2) is 0 Å². The van der Waals surface area contributed by atoms with Gasteiger partial charge in [0.05, 0.1) is 0 Å². The van der Waals surface area contributed by atoms with Gasteiger partial charge in [-0.3, -0.25) is 0 Å². The van der Waals surface area contributed by atoms with E-state index in [9.17, 15) is 5.11 Å². The van der Waals surface area contributed by atoms with E-state index in [0.29, 0.717) is 17.7 Å². The van der Waals surface area contributed by atoms with Crippen LogP contribution in [0.1, 0.15) is 49.1 Å². The predicted octanol–water partition coefficient (Wildman–Crippen LogP) is 4.64. The van der Waals surface area contributed by atoms with E-state index in [1.165, 1.54) is 43.2 Å². The Labute approximate surface area is 139 Å². The Kier molecular flexibility index (Phi) is 5.71. The monoisotopic (exact) mass is 309 g/mol. The fourth-order valence-corrected chi connectivity index (χ4v) is 3.62. The Morgan fingerprint density at radius 1 is 0.870 bits per heavy atom. The summed E-state index contributed by atoms with van der Waals surface area (Å²) < 4.78 is 0. The molecule has 0 unspecified atom stereocenters. The maximum absolute atomic E-state index is 9.39. The van der Waals surface area contributed by atoms with Gasteiger partial charge in [-0.05, 0) is 74.2 Å². The molecule has 2 heteroatoms. The number of hydrogen-bond donors (Lipinski definition) is 2. The number of rotatable bonds is 6. The summed E-state index contributed by atoms with van der Waals surface area (Å²) in [5.41, 5.74) is 2.82. The zero-order valence-corrected chi connectivity index (χ0v) is 13.7. The highest BCUT2D eigenvalue weighted by Gasteiger charge is 2.21. The molecule has 0 bridgehead atoms. The maximum Gasteiger partial charge on any atom is 0.115 e. The van der Waals surface area contributed by atoms with Crippen LogP contribution in [0.15, 0.2) is 54.6 Å². The van der Waals surface area contributed by atoms with Gasteiger partial charge in [0, 0.05) is 6.04 Å². The molecular weight excluding hydrogens is 282 g/mol. The summed E-state index contributed by atoms with van der Waals surface area (Å²) in [7, 11) is 0. The van der Waals surface area contributed by atoms with Crippen molar-refractivity contribution < 1.29 is 5.11 Å². The second kappa shape index (κ2) is 8.16. The van der Waals surface area contributed by atoms with Gasteiger partial charge in [0.2, 0.25) is 0 Å². The van der Waals surface area contributed by atoms with Crippen LogP contribution < -0.4 is 5.32 Å². The summed E-state index contributed by atoms with van der Waals surface area (Å²) in [5.74, 6) is 1.03. The number of nitrogens with one attached hydrogen (secondary N) is 1. The lowest BCUT2D eigenvalue weighted by molar-refractivity contribution is 0.342. The zero-order valence-electron chi connectivity index (χ0n) is 13.7. The molecule has 0 radical (unpaired) electrons. The number of phenols is 1. The smallest absolute Gasteiger partial charge is 0.115 e. The van der Waals surface area contributed by atoms with Gasteiger partial charge in [0.1, 0.15) is 5.75 Å². The summed E-state index contributed by atoms with van der Waals surface area (Å²) in [6.07, 6.45) is 7.40. The first-order valence-corrected chi connectivity index (χ1v) is 8.87. The quantitative estimate of drug-likeness (QED) is 0.762. The van der Waals surface area contributed by atoms with Crippen LogP contribution in [0.5, 0.6) is 5.75 Å². The molecule has 1 saturated carbocycles. The van der Waals surface area contributed by atoms with Crippen molar-refractivity contribution in [3.63, 3.8) is 0 Å². The number of phenolic OH excluding ortho intramolecular Hbond substituents is 1. The van der Waals surface area contributed by atoms with Crippen LogP contribution >= 0.6 is 0 Å². The molecule has 2 N–H and O–H groups in total. The molecular formula is C21H27NO. The van der Waals surface area contributed by atoms with Crippen molar-refractivity contribution in [3.8, 4) is 5.75 Å². The molecule has 1 fully saturated rings. The number of hydrogen-bond acceptors (Lipinski definition) is 2. The van der Waals surface area contributed by atoms with Gasteiger partial charge in [-0.15, -0.1) is 0 Å². The van der Waals surface area contributed by atoms with E-state index in [1.54, 1.807) is 0 Å². The van der Waals surface area contributed by atoms with Crippen molar-refractivity contribution in [1.29, 1.82) is 0 Å². The third-order valence-corrected chi connectivity index (χ3v) is 5.01. The van der Waals surface area contributed by atoms with Crippen LogP contribution in [0.4, 0.5) is 0 Å². The summed E-state index contributed by atoms with van der Waals surface area (Å²) in [4.78, 5) is 0. The first-order valence-electron chi connectivity index (χ1n) is 8.87. The first kappa shape index (κ1) is 16.1. The van der Waals surface area contributed by atoms with Crippen molar-refractivity contribution in [2.45, 2.75) is 50.5 Å². The molecule has 0 amide bonds. The molecule has 2 aromatic carbocycles. The largest absolute Gasteiger partial charge is 0.508 e. The van der Waals surface area contributed by atoms with Gasteiger partial charge >= 0.3 is 0 Å². The van der Waals surface area contributed by atoms with Crippen molar-refractivity contribution in [2.24, 2.45) is 0 Å². The topological polar surface area (TPSA) is 32.3 Å². The van der Waals surface area contributed by atoms with Crippen molar-refractivity contribution in [1.82, 2.24) is 5.32 Å². The van der Waals surface area contributed by atoms with Gasteiger partial charge in [-0.2, -0.15) is 0 Å². The molecule has 1 aliphatic carbocycles. The Bertz CT molecular complexity index is 571. The summed E-state index contributed by atoms with van der Waals surface area (Å²) in [6.45, 7) is 1.11. The Balaban J connectivity index is 1.35. The average Bonchev–Trinajstić information content (AvgIpc) is 2.61. The number of benzene rings is 2. The molecule has 122 valence electrons. The Morgan fingerprint density at radius 2 is 1.57 bits per heavy atom. The molecule has 3 rings (SSSR count). The highest BCUT2D eigenvalue weighted by Crippen LogP contribution is 2.33. The zero-order chi connectivity index (χ0) is 15.9. The Morgan fingerprint density at radius 3 is 2.26 bits per heavy atom. The van der Waals surface area contributed by atoms with E-state index in [4.69, 9.17) is 0 Å². The van der Waals surface area contributed by atoms with Crippen LogP contribution in [0.3, 0.4) is 0 Å². The van der Waals surface area contributed by atoms with Crippen molar-refractivity contribution >= 4 is 0 Å². The lowest BCUT2D eigenvalue weighted by Gasteiger charge is -2.29. The number of aromatic hydroxyl groups is 1. The minimum Gasteiger partial charge on any atom is -0.508 e. The fourth-order valence-electron chi connectivity index (χ4n) is 3.62. The highest BCUT2D eigenvalue weighted by atomic mass is 16.3. The summed E-state index contributed by atoms with van der Waals surface area (Å²) in [6, 6.07) is 19.2. The van der Waals surface area contributed by atoms with Crippen LogP contribution in [0, 0.1) is 0 Å². The summed E-state index contributed by atoms with van der Waals surface area (Å²) >= 11 is 0. The van der Waals surface area contributed by atoms with Gasteiger partial charge in [-0.1, -0.05) is 42.5 Å². The number of aryl methyl sites for hydroxylation is 1. The second-order valence-corrected chi connectivity index (χ2v) is 6.68. The van der Waals surface area contributed by atoms with Crippen LogP contribution in [-0.2, 0) is 6.42 Å². The lowest BCUT2D eigenvalue weighted by Crippen LogP contribution is -2.33. The van der Waals surface area contributed by atoms with E-state index in [0.717, 1.165) is 13.0 Å². The maximum atomic E-state index is 9.39. The van der Waals surface area contributed by atoms with Gasteiger partial charge in [0.25, 0.3) is 0 Å². The molecule has 0 aromatic heterocycles. The van der Waals surface area contributed by atoms with E-state index < -0.39 is 0 Å². The molecule has 0 aliphatic heterocycles. The van der Waals surface area contributed by atoms with Crippen LogP contribution in [0.2, 0.25) is 0 Å². The van der Waals surface area contributed by atoms with Gasteiger partial charge < -0.3 is 10.4 Å². The highest BCUT2D eigenvalue weighted by molar-refractivity contribution is 5.28. The van der Waals surface area contributed by atoms with Crippen molar-refractivity contribution in [3.05, 3.63) is 65.7 Å². The van der Waals surface area contributed by atoms with E-state index in [1.807, 2.05) is 12.1 Å². The van der Waals surface area contributed by atoms with E-state index >= 15 is 0 Å². The molecule has 2 aromatic rings. The lowest BCUT2D eigenvalue weighted by atomic mass is 9.81. The molecule has 0 atom stereocenters. The van der Waals surface area contributed by atoms with Crippen LogP contribution in [0.25, 0.3) is 0 Å². The molecule has 0 spiro atoms. The predicted molar refractivity (Wildman–Crippen MR) is 95.9 cm³/mol. The van der Waals surface area contributed by atoms with Crippen LogP contribution in [-0.4, -0.2) is 17.7 Å². The molecule has 1 aliphatic rings.